The maximum Gasteiger partial charge on any atom is 0.133 e. The van der Waals surface area contributed by atoms with Crippen LogP contribution in [0.15, 0.2) is 11.4 Å². The first kappa shape index (κ1) is 14.3. The third kappa shape index (κ3) is 4.16. The fraction of sp³-hybridized carbons (Fsp3) is 0.667. The minimum atomic E-state index is 0.171. The molecule has 0 aliphatic carbocycles. The van der Waals surface area contributed by atoms with Crippen molar-refractivity contribution in [1.82, 2.24) is 9.97 Å². The zero-order valence-electron chi connectivity index (χ0n) is 10.7. The predicted molar refractivity (Wildman–Crippen MR) is 72.7 cm³/mol. The van der Waals surface area contributed by atoms with Gasteiger partial charge in [-0.1, -0.05) is 20.8 Å². The molecule has 0 unspecified atom stereocenters. The number of anilines is 1. The Labute approximate surface area is 107 Å². The average Bonchev–Trinajstić information content (AvgIpc) is 2.33. The molecule has 1 aromatic rings. The standard InChI is InChI=1S/C12H21N3OS/c1-4-5-13-11-10(9(2)3)12(15-8-14-11)17-7-6-16/h8-9,16H,4-7H2,1-3H3,(H,13,14,15). The molecule has 0 saturated heterocycles. The number of aliphatic hydroxyl groups is 1. The van der Waals surface area contributed by atoms with Crippen LogP contribution in [0.5, 0.6) is 0 Å². The van der Waals surface area contributed by atoms with Gasteiger partial charge in [0.2, 0.25) is 0 Å². The Morgan fingerprint density at radius 1 is 1.41 bits per heavy atom. The molecule has 1 aromatic heterocycles. The molecule has 1 heterocycles. The number of nitrogens with zero attached hydrogens (tertiary/aromatic N) is 2. The lowest BCUT2D eigenvalue weighted by Crippen LogP contribution is -2.08. The molecule has 0 saturated carbocycles. The molecule has 0 atom stereocenters. The van der Waals surface area contributed by atoms with Crippen LogP contribution in [0.4, 0.5) is 5.82 Å². The predicted octanol–water partition coefficient (Wildman–Crippen LogP) is 2.51. The van der Waals surface area contributed by atoms with Gasteiger partial charge in [0.15, 0.2) is 0 Å². The zero-order valence-corrected chi connectivity index (χ0v) is 11.5. The lowest BCUT2D eigenvalue weighted by atomic mass is 10.1. The van der Waals surface area contributed by atoms with Gasteiger partial charge in [0.25, 0.3) is 0 Å². The lowest BCUT2D eigenvalue weighted by Gasteiger charge is -2.16. The first-order chi connectivity index (χ1) is 8.20. The van der Waals surface area contributed by atoms with E-state index in [1.54, 1.807) is 18.1 Å². The van der Waals surface area contributed by atoms with Crippen LogP contribution in [0, 0.1) is 0 Å². The van der Waals surface area contributed by atoms with E-state index in [2.05, 4.69) is 36.1 Å². The van der Waals surface area contributed by atoms with Crippen molar-refractivity contribution in [3.8, 4) is 0 Å². The molecular weight excluding hydrogens is 234 g/mol. The van der Waals surface area contributed by atoms with Crippen molar-refractivity contribution >= 4 is 17.6 Å². The third-order valence-electron chi connectivity index (χ3n) is 2.30. The van der Waals surface area contributed by atoms with Crippen molar-refractivity contribution in [1.29, 1.82) is 0 Å². The molecule has 0 amide bonds. The van der Waals surface area contributed by atoms with Crippen LogP contribution >= 0.6 is 11.8 Å². The Kier molecular flexibility index (Phi) is 6.29. The van der Waals surface area contributed by atoms with Crippen LogP contribution in [0.2, 0.25) is 0 Å². The summed E-state index contributed by atoms with van der Waals surface area (Å²) in [6.45, 7) is 7.49. The summed E-state index contributed by atoms with van der Waals surface area (Å²) in [5.74, 6) is 1.97. The number of hydrogen-bond donors (Lipinski definition) is 2. The topological polar surface area (TPSA) is 58.0 Å². The van der Waals surface area contributed by atoms with Gasteiger partial charge in [-0.25, -0.2) is 9.97 Å². The van der Waals surface area contributed by atoms with E-state index in [-0.39, 0.29) is 6.61 Å². The second-order valence-electron chi connectivity index (χ2n) is 4.09. The molecule has 0 bridgehead atoms. The van der Waals surface area contributed by atoms with Gasteiger partial charge in [-0.3, -0.25) is 0 Å². The summed E-state index contributed by atoms with van der Waals surface area (Å²) in [6.07, 6.45) is 2.66. The van der Waals surface area contributed by atoms with Gasteiger partial charge < -0.3 is 10.4 Å². The highest BCUT2D eigenvalue weighted by atomic mass is 32.2. The second-order valence-corrected chi connectivity index (χ2v) is 5.18. The van der Waals surface area contributed by atoms with E-state index in [9.17, 15) is 0 Å². The molecule has 5 heteroatoms. The van der Waals surface area contributed by atoms with Crippen LogP contribution in [0.1, 0.15) is 38.7 Å². The van der Waals surface area contributed by atoms with Crippen LogP contribution in [-0.2, 0) is 0 Å². The highest BCUT2D eigenvalue weighted by Gasteiger charge is 2.14. The zero-order chi connectivity index (χ0) is 12.7. The van der Waals surface area contributed by atoms with Crippen molar-refractivity contribution in [2.24, 2.45) is 0 Å². The Balaban J connectivity index is 2.95. The number of nitrogens with one attached hydrogen (secondary N) is 1. The van der Waals surface area contributed by atoms with Crippen molar-refractivity contribution < 1.29 is 5.11 Å². The summed E-state index contributed by atoms with van der Waals surface area (Å²) in [7, 11) is 0. The van der Waals surface area contributed by atoms with Gasteiger partial charge in [0.05, 0.1) is 6.61 Å². The SMILES string of the molecule is CCCNc1ncnc(SCCO)c1C(C)C. The normalized spacial score (nSPS) is 10.9. The summed E-state index contributed by atoms with van der Waals surface area (Å²) in [5.41, 5.74) is 1.15. The number of hydrogen-bond acceptors (Lipinski definition) is 5. The maximum absolute atomic E-state index is 8.89. The van der Waals surface area contributed by atoms with Gasteiger partial charge in [0.1, 0.15) is 17.2 Å². The molecule has 0 aromatic carbocycles. The molecule has 1 rings (SSSR count). The Hall–Kier alpha value is -0.810. The van der Waals surface area contributed by atoms with Gasteiger partial charge in [-0.05, 0) is 12.3 Å². The number of thioether (sulfide) groups is 1. The largest absolute Gasteiger partial charge is 0.396 e. The van der Waals surface area contributed by atoms with Crippen LogP contribution in [-0.4, -0.2) is 34.0 Å². The summed E-state index contributed by atoms with van der Waals surface area (Å²) in [4.78, 5) is 8.62. The number of aliphatic hydroxyl groups excluding tert-OH is 1. The van der Waals surface area contributed by atoms with E-state index in [4.69, 9.17) is 5.11 Å². The molecule has 96 valence electrons. The molecule has 0 aliphatic rings. The van der Waals surface area contributed by atoms with Gasteiger partial charge in [-0.2, -0.15) is 0 Å². The Morgan fingerprint density at radius 3 is 2.76 bits per heavy atom. The van der Waals surface area contributed by atoms with Gasteiger partial charge >= 0.3 is 0 Å². The van der Waals surface area contributed by atoms with Crippen molar-refractivity contribution in [2.45, 2.75) is 38.1 Å². The molecule has 0 aliphatic heterocycles. The first-order valence-corrected chi connectivity index (χ1v) is 7.01. The number of aromatic nitrogens is 2. The molecule has 0 spiro atoms. The molecule has 2 N–H and O–H groups in total. The van der Waals surface area contributed by atoms with Crippen LogP contribution < -0.4 is 5.32 Å². The summed E-state index contributed by atoms with van der Waals surface area (Å²) in [5, 5.41) is 13.2. The monoisotopic (exact) mass is 255 g/mol. The molecule has 17 heavy (non-hydrogen) atoms. The number of rotatable bonds is 7. The van der Waals surface area contributed by atoms with Crippen molar-refractivity contribution in [2.75, 3.05) is 24.2 Å². The molecule has 0 radical (unpaired) electrons. The third-order valence-corrected chi connectivity index (χ3v) is 3.28. The van der Waals surface area contributed by atoms with Gasteiger partial charge in [0, 0.05) is 17.9 Å². The summed E-state index contributed by atoms with van der Waals surface area (Å²) < 4.78 is 0. The Bertz CT molecular complexity index is 318. The highest BCUT2D eigenvalue weighted by Crippen LogP contribution is 2.30. The summed E-state index contributed by atoms with van der Waals surface area (Å²) >= 11 is 1.58. The second kappa shape index (κ2) is 7.50. The maximum atomic E-state index is 8.89. The average molecular weight is 255 g/mol. The van der Waals surface area contributed by atoms with E-state index in [0.717, 1.165) is 29.4 Å². The Morgan fingerprint density at radius 2 is 2.18 bits per heavy atom. The molecule has 4 nitrogen and oxygen atoms in total. The van der Waals surface area contributed by atoms with Crippen molar-refractivity contribution in [3.63, 3.8) is 0 Å². The molecular formula is C12H21N3OS. The fourth-order valence-corrected chi connectivity index (χ4v) is 2.44. The first-order valence-electron chi connectivity index (χ1n) is 6.03. The van der Waals surface area contributed by atoms with E-state index >= 15 is 0 Å². The van der Waals surface area contributed by atoms with E-state index < -0.39 is 0 Å². The molecule has 0 fully saturated rings. The van der Waals surface area contributed by atoms with E-state index in [1.807, 2.05) is 0 Å². The smallest absolute Gasteiger partial charge is 0.133 e. The van der Waals surface area contributed by atoms with Crippen LogP contribution in [0.25, 0.3) is 0 Å². The van der Waals surface area contributed by atoms with Gasteiger partial charge in [-0.15, -0.1) is 11.8 Å². The van der Waals surface area contributed by atoms with Crippen molar-refractivity contribution in [3.05, 3.63) is 11.9 Å². The highest BCUT2D eigenvalue weighted by molar-refractivity contribution is 7.99. The van der Waals surface area contributed by atoms with E-state index in [0.29, 0.717) is 11.7 Å². The minimum Gasteiger partial charge on any atom is -0.396 e. The van der Waals surface area contributed by atoms with E-state index in [1.165, 1.54) is 0 Å². The van der Waals surface area contributed by atoms with Crippen LogP contribution in [0.3, 0.4) is 0 Å². The summed E-state index contributed by atoms with van der Waals surface area (Å²) in [6, 6.07) is 0. The lowest BCUT2D eigenvalue weighted by molar-refractivity contribution is 0.322. The fourth-order valence-electron chi connectivity index (χ4n) is 1.54. The quantitative estimate of drug-likeness (QED) is 0.579. The minimum absolute atomic E-state index is 0.171.